The number of anilines is 1. The molecule has 27 heavy (non-hydrogen) atoms. The molecule has 0 aliphatic carbocycles. The lowest BCUT2D eigenvalue weighted by atomic mass is 10.2. The van der Waals surface area contributed by atoms with Gasteiger partial charge in [0.15, 0.2) is 0 Å². The zero-order valence-corrected chi connectivity index (χ0v) is 18.0. The molecule has 1 heterocycles. The van der Waals surface area contributed by atoms with Crippen LogP contribution in [0, 0.1) is 0 Å². The third kappa shape index (κ3) is 6.37. The molecule has 2 aromatic carbocycles. The third-order valence-corrected chi connectivity index (χ3v) is 6.27. The second-order valence-electron chi connectivity index (χ2n) is 5.70. The van der Waals surface area contributed by atoms with Gasteiger partial charge in [0, 0.05) is 21.3 Å². The quantitative estimate of drug-likeness (QED) is 0.431. The van der Waals surface area contributed by atoms with E-state index in [0.717, 1.165) is 31.7 Å². The number of rotatable bonds is 8. The molecular weight excluding hydrogens is 444 g/mol. The summed E-state index contributed by atoms with van der Waals surface area (Å²) in [6.07, 6.45) is 0.266. The fraction of sp³-hybridized carbons (Fsp3) is 0.200. The van der Waals surface area contributed by atoms with E-state index in [0.29, 0.717) is 6.61 Å². The summed E-state index contributed by atoms with van der Waals surface area (Å²) in [5.41, 5.74) is 2.79. The minimum Gasteiger partial charge on any atom is -0.494 e. The molecule has 0 atom stereocenters. The predicted octanol–water partition coefficient (Wildman–Crippen LogP) is 5.78. The Bertz CT molecular complexity index is 880. The number of halogens is 1. The summed E-state index contributed by atoms with van der Waals surface area (Å²) in [7, 11) is 0. The molecule has 1 amide bonds. The van der Waals surface area contributed by atoms with E-state index in [2.05, 4.69) is 38.4 Å². The number of aromatic nitrogens is 1. The van der Waals surface area contributed by atoms with E-state index >= 15 is 0 Å². The fourth-order valence-corrected chi connectivity index (χ4v) is 4.40. The second kappa shape index (κ2) is 9.92. The molecule has 4 nitrogen and oxygen atoms in total. The van der Waals surface area contributed by atoms with Gasteiger partial charge in [0.25, 0.3) is 0 Å². The van der Waals surface area contributed by atoms with E-state index in [9.17, 15) is 4.79 Å². The lowest BCUT2D eigenvalue weighted by Gasteiger charge is -2.06. The SMILES string of the molecule is CCOc1ccc(NC(=O)Cc2csc(SCc3ccc(Br)cc3)n2)cc1. The van der Waals surface area contributed by atoms with Crippen LogP contribution in [0.3, 0.4) is 0 Å². The molecule has 0 fully saturated rings. The van der Waals surface area contributed by atoms with E-state index in [4.69, 9.17) is 4.74 Å². The number of carbonyl (C=O) groups excluding carboxylic acids is 1. The van der Waals surface area contributed by atoms with Gasteiger partial charge in [-0.25, -0.2) is 4.98 Å². The monoisotopic (exact) mass is 462 g/mol. The standard InChI is InChI=1S/C20H19BrN2O2S2/c1-2-25-18-9-7-16(8-10-18)22-19(24)11-17-13-27-20(23-17)26-12-14-3-5-15(21)6-4-14/h3-10,13H,2,11-12H2,1H3,(H,22,24). The number of hydrogen-bond acceptors (Lipinski definition) is 5. The maximum absolute atomic E-state index is 12.2. The van der Waals surface area contributed by atoms with Crippen LogP contribution >= 0.6 is 39.0 Å². The summed E-state index contributed by atoms with van der Waals surface area (Å²) < 4.78 is 7.45. The van der Waals surface area contributed by atoms with Gasteiger partial charge in [-0.1, -0.05) is 39.8 Å². The van der Waals surface area contributed by atoms with E-state index in [1.807, 2.05) is 48.7 Å². The first-order valence-corrected chi connectivity index (χ1v) is 11.1. The summed E-state index contributed by atoms with van der Waals surface area (Å²) >= 11 is 6.70. The predicted molar refractivity (Wildman–Crippen MR) is 116 cm³/mol. The van der Waals surface area contributed by atoms with Crippen LogP contribution in [0.2, 0.25) is 0 Å². The second-order valence-corrected chi connectivity index (χ2v) is 8.70. The van der Waals surface area contributed by atoms with Gasteiger partial charge in [-0.2, -0.15) is 0 Å². The van der Waals surface area contributed by atoms with Crippen molar-refractivity contribution in [2.45, 2.75) is 23.4 Å². The minimum atomic E-state index is -0.0751. The van der Waals surface area contributed by atoms with Gasteiger partial charge >= 0.3 is 0 Å². The van der Waals surface area contributed by atoms with Crippen LogP contribution in [-0.4, -0.2) is 17.5 Å². The molecule has 0 saturated carbocycles. The molecule has 0 aliphatic heterocycles. The summed E-state index contributed by atoms with van der Waals surface area (Å²) in [6, 6.07) is 15.6. The summed E-state index contributed by atoms with van der Waals surface area (Å²) in [5.74, 6) is 1.58. The molecule has 1 aromatic heterocycles. The van der Waals surface area contributed by atoms with Crippen LogP contribution in [0.1, 0.15) is 18.2 Å². The smallest absolute Gasteiger partial charge is 0.230 e. The van der Waals surface area contributed by atoms with Gasteiger partial charge in [-0.15, -0.1) is 11.3 Å². The first-order valence-electron chi connectivity index (χ1n) is 8.46. The van der Waals surface area contributed by atoms with Crippen molar-refractivity contribution in [1.82, 2.24) is 4.98 Å². The van der Waals surface area contributed by atoms with Crippen LogP contribution in [0.25, 0.3) is 0 Å². The molecule has 3 aromatic rings. The van der Waals surface area contributed by atoms with Crippen molar-refractivity contribution in [3.63, 3.8) is 0 Å². The van der Waals surface area contributed by atoms with Gasteiger partial charge < -0.3 is 10.1 Å². The number of nitrogens with zero attached hydrogens (tertiary/aromatic N) is 1. The lowest BCUT2D eigenvalue weighted by Crippen LogP contribution is -2.14. The highest BCUT2D eigenvalue weighted by Gasteiger charge is 2.09. The minimum absolute atomic E-state index is 0.0751. The molecule has 7 heteroatoms. The van der Waals surface area contributed by atoms with Gasteiger partial charge in [0.2, 0.25) is 5.91 Å². The number of thiazole rings is 1. The Kier molecular flexibility index (Phi) is 7.32. The van der Waals surface area contributed by atoms with E-state index < -0.39 is 0 Å². The van der Waals surface area contributed by atoms with Crippen molar-refractivity contribution in [2.24, 2.45) is 0 Å². The number of benzene rings is 2. The van der Waals surface area contributed by atoms with Crippen molar-refractivity contribution < 1.29 is 9.53 Å². The molecular formula is C20H19BrN2O2S2. The Hall–Kier alpha value is -1.83. The van der Waals surface area contributed by atoms with Gasteiger partial charge in [-0.05, 0) is 48.9 Å². The van der Waals surface area contributed by atoms with Crippen molar-refractivity contribution >= 4 is 50.6 Å². The highest BCUT2D eigenvalue weighted by molar-refractivity contribution is 9.10. The fourth-order valence-electron chi connectivity index (χ4n) is 2.33. The van der Waals surface area contributed by atoms with Gasteiger partial charge in [-0.3, -0.25) is 4.79 Å². The zero-order chi connectivity index (χ0) is 19.1. The molecule has 1 N–H and O–H groups in total. The Morgan fingerprint density at radius 2 is 1.93 bits per heavy atom. The van der Waals surface area contributed by atoms with Crippen molar-refractivity contribution in [3.8, 4) is 5.75 Å². The zero-order valence-electron chi connectivity index (χ0n) is 14.8. The molecule has 0 aliphatic rings. The highest BCUT2D eigenvalue weighted by atomic mass is 79.9. The van der Waals surface area contributed by atoms with Crippen LogP contribution in [-0.2, 0) is 17.0 Å². The van der Waals surface area contributed by atoms with Crippen molar-refractivity contribution in [2.75, 3.05) is 11.9 Å². The topological polar surface area (TPSA) is 51.2 Å². The van der Waals surface area contributed by atoms with E-state index in [1.54, 1.807) is 23.1 Å². The van der Waals surface area contributed by atoms with E-state index in [1.165, 1.54) is 5.56 Å². The Morgan fingerprint density at radius 1 is 1.19 bits per heavy atom. The third-order valence-electron chi connectivity index (χ3n) is 3.60. The summed E-state index contributed by atoms with van der Waals surface area (Å²) in [6.45, 7) is 2.56. The average Bonchev–Trinajstić information content (AvgIpc) is 3.10. The number of hydrogen-bond donors (Lipinski definition) is 1. The Morgan fingerprint density at radius 3 is 2.63 bits per heavy atom. The molecule has 140 valence electrons. The number of carbonyl (C=O) groups is 1. The lowest BCUT2D eigenvalue weighted by molar-refractivity contribution is -0.115. The largest absolute Gasteiger partial charge is 0.494 e. The van der Waals surface area contributed by atoms with Crippen LogP contribution in [0.15, 0.2) is 62.7 Å². The van der Waals surface area contributed by atoms with Crippen molar-refractivity contribution in [1.29, 1.82) is 0 Å². The van der Waals surface area contributed by atoms with Gasteiger partial charge in [0.05, 0.1) is 18.7 Å². The number of thioether (sulfide) groups is 1. The molecule has 0 radical (unpaired) electrons. The number of amides is 1. The maximum atomic E-state index is 12.2. The summed E-state index contributed by atoms with van der Waals surface area (Å²) in [5, 5.41) is 4.84. The van der Waals surface area contributed by atoms with Crippen LogP contribution in [0.5, 0.6) is 5.75 Å². The Labute approximate surface area is 175 Å². The maximum Gasteiger partial charge on any atom is 0.230 e. The normalized spacial score (nSPS) is 10.6. The van der Waals surface area contributed by atoms with E-state index in [-0.39, 0.29) is 12.3 Å². The average molecular weight is 463 g/mol. The summed E-state index contributed by atoms with van der Waals surface area (Å²) in [4.78, 5) is 16.8. The number of ether oxygens (including phenoxy) is 1. The Balaban J connectivity index is 1.49. The highest BCUT2D eigenvalue weighted by Crippen LogP contribution is 2.27. The van der Waals surface area contributed by atoms with Crippen molar-refractivity contribution in [3.05, 3.63) is 69.6 Å². The first-order chi connectivity index (χ1) is 13.1. The molecule has 0 saturated heterocycles. The number of nitrogens with one attached hydrogen (secondary N) is 1. The molecule has 0 unspecified atom stereocenters. The first kappa shape index (κ1) is 19.9. The van der Waals surface area contributed by atoms with Gasteiger partial charge in [0.1, 0.15) is 10.1 Å². The van der Waals surface area contributed by atoms with Crippen LogP contribution < -0.4 is 10.1 Å². The molecule has 0 bridgehead atoms. The molecule has 0 spiro atoms. The molecule has 3 rings (SSSR count). The van der Waals surface area contributed by atoms with Crippen LogP contribution in [0.4, 0.5) is 5.69 Å².